The van der Waals surface area contributed by atoms with Crippen molar-refractivity contribution < 1.29 is 5.11 Å². The molecule has 3 atom stereocenters. The van der Waals surface area contributed by atoms with E-state index in [4.69, 9.17) is 11.7 Å². The Kier molecular flexibility index (Phi) is 5.26. The molecule has 0 bridgehead atoms. The zero-order valence-corrected chi connectivity index (χ0v) is 20.5. The number of fused-ring (bicyclic) bond motifs is 3. The predicted molar refractivity (Wildman–Crippen MR) is 141 cm³/mol. The van der Waals surface area contributed by atoms with Gasteiger partial charge in [0.1, 0.15) is 5.69 Å². The average molecular weight is 473 g/mol. The standard InChI is InChI=1S/C31H28N4O/c1-20-25-17-16-24-28(26-11-7-8-18-33-26)34-35(30(24)31(25,2)19-27(32-3)29(20)36)23-14-12-22(13-15-23)21-9-5-4-6-10-21/h4-15,18,20,25,36H,16-17,19H2,1-2H3/t20-,25-,31-/m1/s1. The van der Waals surface area contributed by atoms with Crippen molar-refractivity contribution >= 4 is 0 Å². The van der Waals surface area contributed by atoms with Gasteiger partial charge in [-0.1, -0.05) is 62.4 Å². The smallest absolute Gasteiger partial charge is 0.203 e. The van der Waals surface area contributed by atoms with E-state index in [1.807, 2.05) is 30.5 Å². The number of benzene rings is 2. The Morgan fingerprint density at radius 2 is 1.72 bits per heavy atom. The van der Waals surface area contributed by atoms with Gasteiger partial charge in [-0.05, 0) is 60.6 Å². The van der Waals surface area contributed by atoms with Crippen LogP contribution in [0.15, 0.2) is 90.4 Å². The van der Waals surface area contributed by atoms with Gasteiger partial charge in [0.25, 0.3) is 0 Å². The van der Waals surface area contributed by atoms with E-state index < -0.39 is 0 Å². The Morgan fingerprint density at radius 3 is 2.42 bits per heavy atom. The molecule has 0 spiro atoms. The minimum Gasteiger partial charge on any atom is -0.523 e. The highest BCUT2D eigenvalue weighted by Crippen LogP contribution is 2.55. The molecule has 4 aromatic rings. The predicted octanol–water partition coefficient (Wildman–Crippen LogP) is 7.15. The van der Waals surface area contributed by atoms with E-state index in [1.165, 1.54) is 11.1 Å². The minimum absolute atomic E-state index is 0.0666. The van der Waals surface area contributed by atoms with E-state index in [0.717, 1.165) is 41.2 Å². The summed E-state index contributed by atoms with van der Waals surface area (Å²) in [7, 11) is 0. The van der Waals surface area contributed by atoms with Crippen LogP contribution in [0.5, 0.6) is 0 Å². The second-order valence-corrected chi connectivity index (χ2v) is 10.2. The molecule has 0 amide bonds. The van der Waals surface area contributed by atoms with Gasteiger partial charge in [-0.15, -0.1) is 0 Å². The molecule has 0 radical (unpaired) electrons. The number of aromatic nitrogens is 3. The van der Waals surface area contributed by atoms with E-state index in [2.05, 4.69) is 76.9 Å². The molecule has 1 N–H and O–H groups in total. The van der Waals surface area contributed by atoms with Crippen LogP contribution >= 0.6 is 0 Å². The van der Waals surface area contributed by atoms with Gasteiger partial charge in [-0.2, -0.15) is 5.10 Å². The Bertz CT molecular complexity index is 1500. The summed E-state index contributed by atoms with van der Waals surface area (Å²) in [5.74, 6) is 0.424. The molecule has 2 aliphatic carbocycles. The molecule has 2 aromatic carbocycles. The first kappa shape index (κ1) is 22.3. The van der Waals surface area contributed by atoms with Crippen LogP contribution in [0, 0.1) is 18.4 Å². The van der Waals surface area contributed by atoms with Crippen molar-refractivity contribution in [3.8, 4) is 28.2 Å². The molecule has 2 aromatic heterocycles. The van der Waals surface area contributed by atoms with Crippen LogP contribution in [-0.2, 0) is 11.8 Å². The molecule has 5 heteroatoms. The number of aliphatic hydroxyl groups excluding tert-OH is 1. The lowest BCUT2D eigenvalue weighted by Gasteiger charge is -2.48. The Balaban J connectivity index is 1.55. The molecule has 178 valence electrons. The van der Waals surface area contributed by atoms with Gasteiger partial charge in [-0.25, -0.2) is 9.53 Å². The fourth-order valence-corrected chi connectivity index (χ4v) is 6.39. The third kappa shape index (κ3) is 3.37. The van der Waals surface area contributed by atoms with E-state index in [1.54, 1.807) is 0 Å². The normalized spacial score (nSPS) is 23.0. The number of hydrogen-bond acceptors (Lipinski definition) is 3. The van der Waals surface area contributed by atoms with Crippen LogP contribution in [0.2, 0.25) is 0 Å². The fraction of sp³-hybridized carbons (Fsp3) is 0.258. The fourth-order valence-electron chi connectivity index (χ4n) is 6.39. The van der Waals surface area contributed by atoms with Gasteiger partial charge < -0.3 is 5.11 Å². The number of allylic oxidation sites excluding steroid dienone is 2. The quantitative estimate of drug-likeness (QED) is 0.322. The van der Waals surface area contributed by atoms with E-state index in [0.29, 0.717) is 12.1 Å². The van der Waals surface area contributed by atoms with Crippen LogP contribution in [0.4, 0.5) is 0 Å². The van der Waals surface area contributed by atoms with E-state index in [9.17, 15) is 5.11 Å². The van der Waals surface area contributed by atoms with E-state index >= 15 is 0 Å². The maximum atomic E-state index is 10.8. The first-order valence-corrected chi connectivity index (χ1v) is 12.5. The highest BCUT2D eigenvalue weighted by molar-refractivity contribution is 5.66. The van der Waals surface area contributed by atoms with Crippen molar-refractivity contribution in [2.24, 2.45) is 11.8 Å². The number of aliphatic hydroxyl groups is 1. The topological polar surface area (TPSA) is 55.3 Å². The zero-order valence-electron chi connectivity index (χ0n) is 20.5. The van der Waals surface area contributed by atoms with Crippen molar-refractivity contribution in [3.63, 3.8) is 0 Å². The molecule has 0 saturated heterocycles. The zero-order chi connectivity index (χ0) is 24.9. The maximum Gasteiger partial charge on any atom is 0.203 e. The Hall–Kier alpha value is -4.17. The largest absolute Gasteiger partial charge is 0.523 e. The lowest BCUT2D eigenvalue weighted by molar-refractivity contribution is 0.133. The van der Waals surface area contributed by atoms with Crippen LogP contribution in [-0.4, -0.2) is 19.9 Å². The molecule has 2 aliphatic rings. The van der Waals surface area contributed by atoms with Crippen molar-refractivity contribution in [2.75, 3.05) is 0 Å². The third-order valence-corrected chi connectivity index (χ3v) is 8.17. The van der Waals surface area contributed by atoms with Crippen LogP contribution in [0.25, 0.3) is 33.0 Å². The lowest BCUT2D eigenvalue weighted by Crippen LogP contribution is -2.45. The highest BCUT2D eigenvalue weighted by atomic mass is 16.3. The van der Waals surface area contributed by atoms with Gasteiger partial charge in [-0.3, -0.25) is 4.98 Å². The summed E-state index contributed by atoms with van der Waals surface area (Å²) in [6, 6.07) is 24.8. The van der Waals surface area contributed by atoms with Crippen molar-refractivity contribution in [1.29, 1.82) is 0 Å². The average Bonchev–Trinajstić information content (AvgIpc) is 3.33. The molecule has 0 saturated carbocycles. The number of hydrogen-bond donors (Lipinski definition) is 1. The molecule has 6 rings (SSSR count). The first-order valence-electron chi connectivity index (χ1n) is 12.5. The monoisotopic (exact) mass is 472 g/mol. The summed E-state index contributed by atoms with van der Waals surface area (Å²) in [6.45, 7) is 12.0. The molecule has 0 aliphatic heterocycles. The molecule has 2 heterocycles. The second-order valence-electron chi connectivity index (χ2n) is 10.2. The minimum atomic E-state index is -0.322. The highest BCUT2D eigenvalue weighted by Gasteiger charge is 2.51. The van der Waals surface area contributed by atoms with Gasteiger partial charge in [0.15, 0.2) is 0 Å². The van der Waals surface area contributed by atoms with Gasteiger partial charge >= 0.3 is 0 Å². The second kappa shape index (κ2) is 8.49. The third-order valence-electron chi connectivity index (χ3n) is 8.17. The number of nitrogens with zero attached hydrogens (tertiary/aromatic N) is 4. The summed E-state index contributed by atoms with van der Waals surface area (Å²) >= 11 is 0. The van der Waals surface area contributed by atoms with Crippen LogP contribution in [0.1, 0.15) is 37.9 Å². The molecule has 0 fully saturated rings. The summed E-state index contributed by atoms with van der Waals surface area (Å²) < 4.78 is 2.08. The Labute approximate surface area is 211 Å². The molecule has 0 unspecified atom stereocenters. The maximum absolute atomic E-state index is 10.8. The number of rotatable bonds is 3. The van der Waals surface area contributed by atoms with E-state index in [-0.39, 0.29) is 23.0 Å². The lowest BCUT2D eigenvalue weighted by atomic mass is 9.57. The first-order chi connectivity index (χ1) is 17.5. The van der Waals surface area contributed by atoms with Crippen molar-refractivity contribution in [3.05, 3.63) is 113 Å². The summed E-state index contributed by atoms with van der Waals surface area (Å²) in [5.41, 5.74) is 7.60. The number of pyridine rings is 1. The van der Waals surface area contributed by atoms with Gasteiger partial charge in [0.2, 0.25) is 5.70 Å². The van der Waals surface area contributed by atoms with Crippen molar-refractivity contribution in [2.45, 2.75) is 38.5 Å². The molecule has 5 nitrogen and oxygen atoms in total. The van der Waals surface area contributed by atoms with Gasteiger partial charge in [0, 0.05) is 23.1 Å². The summed E-state index contributed by atoms with van der Waals surface area (Å²) in [4.78, 5) is 8.37. The molecular formula is C31H28N4O. The van der Waals surface area contributed by atoms with Gasteiger partial charge in [0.05, 0.1) is 29.4 Å². The summed E-state index contributed by atoms with van der Waals surface area (Å²) in [6.07, 6.45) is 4.14. The molecular weight excluding hydrogens is 444 g/mol. The summed E-state index contributed by atoms with van der Waals surface area (Å²) in [5, 5.41) is 15.9. The Morgan fingerprint density at radius 1 is 1.00 bits per heavy atom. The molecule has 36 heavy (non-hydrogen) atoms. The SMILES string of the molecule is [C-]#[N+]C1=C(O)[C@H](C)[C@H]2CCc3c(-c4ccccn4)nn(-c4ccc(-c5ccccc5)cc4)c3[C@]2(C)C1. The van der Waals surface area contributed by atoms with Crippen LogP contribution < -0.4 is 0 Å². The van der Waals surface area contributed by atoms with Crippen molar-refractivity contribution in [1.82, 2.24) is 14.8 Å². The van der Waals surface area contributed by atoms with Crippen LogP contribution in [0.3, 0.4) is 0 Å².